The lowest BCUT2D eigenvalue weighted by molar-refractivity contribution is 0.903. The molecule has 1 aliphatic carbocycles. The molecule has 0 unspecified atom stereocenters. The summed E-state index contributed by atoms with van der Waals surface area (Å²) in [4.78, 5) is 0. The van der Waals surface area contributed by atoms with E-state index in [2.05, 4.69) is 24.9 Å². The van der Waals surface area contributed by atoms with E-state index >= 15 is 0 Å². The van der Waals surface area contributed by atoms with Crippen molar-refractivity contribution in [1.29, 1.82) is 0 Å². The Kier molecular flexibility index (Phi) is 0.699. The minimum atomic E-state index is 1.09. The number of hydrogen-bond acceptors (Lipinski definition) is 1. The van der Waals surface area contributed by atoms with Gasteiger partial charge in [0.05, 0.1) is 0 Å². The number of fused-ring (bicyclic) bond motifs is 1. The van der Waals surface area contributed by atoms with Crippen LogP contribution in [0, 0.1) is 0 Å². The second kappa shape index (κ2) is 1.29. The highest BCUT2D eigenvalue weighted by molar-refractivity contribution is 5.60. The molecule has 0 spiro atoms. The summed E-state index contributed by atoms with van der Waals surface area (Å²) in [5.41, 5.74) is 5.21. The molecule has 3 aliphatic rings. The predicted molar refractivity (Wildman–Crippen MR) is 37.7 cm³/mol. The zero-order valence-corrected chi connectivity index (χ0v) is 5.49. The molecule has 1 nitrogen and oxygen atoms in total. The lowest BCUT2D eigenvalue weighted by Gasteiger charge is -2.22. The minimum Gasteiger partial charge on any atom is -0.358 e. The van der Waals surface area contributed by atoms with Crippen LogP contribution in [0.4, 0.5) is 0 Å². The third-order valence-corrected chi connectivity index (χ3v) is 1.79. The standard InChI is InChI=1S/C8H9N/c1-5(2)8-6-3-4-7(8)9-6/h3,9H,1,4H2,2H3. The van der Waals surface area contributed by atoms with E-state index in [-0.39, 0.29) is 0 Å². The molecule has 0 aromatic rings. The zero-order valence-electron chi connectivity index (χ0n) is 5.49. The fourth-order valence-corrected chi connectivity index (χ4v) is 1.39. The highest BCUT2D eigenvalue weighted by Gasteiger charge is 2.27. The van der Waals surface area contributed by atoms with Crippen molar-refractivity contribution in [1.82, 2.24) is 5.32 Å². The summed E-state index contributed by atoms with van der Waals surface area (Å²) in [6.07, 6.45) is 3.30. The van der Waals surface area contributed by atoms with Crippen LogP contribution in [-0.4, -0.2) is 0 Å². The molecule has 1 heteroatoms. The van der Waals surface area contributed by atoms with Gasteiger partial charge in [-0.05, 0) is 12.5 Å². The zero-order chi connectivity index (χ0) is 6.43. The summed E-state index contributed by atoms with van der Waals surface area (Å²) in [5.74, 6) is 0. The molecule has 0 aromatic carbocycles. The molecule has 2 bridgehead atoms. The van der Waals surface area contributed by atoms with Gasteiger partial charge in [0.15, 0.2) is 0 Å². The van der Waals surface area contributed by atoms with Gasteiger partial charge in [0.2, 0.25) is 0 Å². The predicted octanol–water partition coefficient (Wildman–Crippen LogP) is 1.71. The average Bonchev–Trinajstić information content (AvgIpc) is 2.13. The molecule has 1 N–H and O–H groups in total. The molecule has 0 saturated carbocycles. The Bertz CT molecular complexity index is 239. The van der Waals surface area contributed by atoms with Crippen molar-refractivity contribution in [3.05, 3.63) is 35.2 Å². The normalized spacial score (nSPS) is 20.8. The topological polar surface area (TPSA) is 12.0 Å². The van der Waals surface area contributed by atoms with Crippen molar-refractivity contribution in [3.63, 3.8) is 0 Å². The first-order valence-corrected chi connectivity index (χ1v) is 3.15. The number of allylic oxidation sites excluding steroid dienone is 2. The first kappa shape index (κ1) is 4.86. The molecule has 9 heavy (non-hydrogen) atoms. The second-order valence-corrected chi connectivity index (χ2v) is 2.58. The van der Waals surface area contributed by atoms with Gasteiger partial charge in [-0.25, -0.2) is 0 Å². The van der Waals surface area contributed by atoms with E-state index in [1.54, 1.807) is 0 Å². The fraction of sp³-hybridized carbons (Fsp3) is 0.250. The summed E-state index contributed by atoms with van der Waals surface area (Å²) in [6.45, 7) is 5.93. The molecule has 46 valence electrons. The molecule has 3 rings (SSSR count). The summed E-state index contributed by atoms with van der Waals surface area (Å²) < 4.78 is 0. The SMILES string of the molecule is C=C(C)C1=C2CC=C1N2. The van der Waals surface area contributed by atoms with Crippen LogP contribution in [-0.2, 0) is 0 Å². The molecular weight excluding hydrogens is 110 g/mol. The van der Waals surface area contributed by atoms with Crippen LogP contribution in [0.3, 0.4) is 0 Å². The Balaban J connectivity index is 2.44. The van der Waals surface area contributed by atoms with E-state index in [1.165, 1.54) is 22.5 Å². The van der Waals surface area contributed by atoms with Gasteiger partial charge < -0.3 is 5.32 Å². The van der Waals surface area contributed by atoms with Crippen LogP contribution in [0.5, 0.6) is 0 Å². The first-order valence-electron chi connectivity index (χ1n) is 3.15. The van der Waals surface area contributed by atoms with Crippen molar-refractivity contribution < 1.29 is 0 Å². The molecule has 0 aromatic heterocycles. The molecule has 0 radical (unpaired) electrons. The Hall–Kier alpha value is -0.980. The molecule has 0 saturated heterocycles. The average molecular weight is 119 g/mol. The van der Waals surface area contributed by atoms with Gasteiger partial charge in [-0.1, -0.05) is 12.7 Å². The molecule has 0 atom stereocenters. The second-order valence-electron chi connectivity index (χ2n) is 2.58. The number of hydrogen-bond donors (Lipinski definition) is 1. The summed E-state index contributed by atoms with van der Waals surface area (Å²) >= 11 is 0. The van der Waals surface area contributed by atoms with Crippen molar-refractivity contribution in [2.24, 2.45) is 0 Å². The molecule has 0 fully saturated rings. The van der Waals surface area contributed by atoms with Gasteiger partial charge in [-0.2, -0.15) is 0 Å². The third-order valence-electron chi connectivity index (χ3n) is 1.79. The Labute approximate surface area is 54.8 Å². The number of rotatable bonds is 1. The van der Waals surface area contributed by atoms with Gasteiger partial charge in [-0.15, -0.1) is 0 Å². The number of nitrogens with one attached hydrogen (secondary N) is 1. The smallest absolute Gasteiger partial charge is 0.0439 e. The monoisotopic (exact) mass is 119 g/mol. The Morgan fingerprint density at radius 3 is 2.78 bits per heavy atom. The van der Waals surface area contributed by atoms with E-state index in [4.69, 9.17) is 0 Å². The third kappa shape index (κ3) is 0.441. The highest BCUT2D eigenvalue weighted by atomic mass is 15.0. The molecule has 2 heterocycles. The van der Waals surface area contributed by atoms with Crippen molar-refractivity contribution in [3.8, 4) is 0 Å². The van der Waals surface area contributed by atoms with E-state index in [1.807, 2.05) is 0 Å². The summed E-state index contributed by atoms with van der Waals surface area (Å²) in [6, 6.07) is 0. The van der Waals surface area contributed by atoms with Crippen molar-refractivity contribution in [2.75, 3.05) is 0 Å². The Morgan fingerprint density at radius 1 is 1.78 bits per heavy atom. The maximum atomic E-state index is 3.88. The van der Waals surface area contributed by atoms with Crippen LogP contribution in [0.1, 0.15) is 13.3 Å². The van der Waals surface area contributed by atoms with Gasteiger partial charge in [-0.3, -0.25) is 0 Å². The van der Waals surface area contributed by atoms with Crippen molar-refractivity contribution >= 4 is 0 Å². The van der Waals surface area contributed by atoms with Crippen LogP contribution >= 0.6 is 0 Å². The van der Waals surface area contributed by atoms with Gasteiger partial charge in [0.1, 0.15) is 0 Å². The lowest BCUT2D eigenvalue weighted by Crippen LogP contribution is -2.21. The van der Waals surface area contributed by atoms with E-state index in [0.717, 1.165) is 6.42 Å². The maximum absolute atomic E-state index is 3.88. The lowest BCUT2D eigenvalue weighted by atomic mass is 10.0. The van der Waals surface area contributed by atoms with Gasteiger partial charge >= 0.3 is 0 Å². The van der Waals surface area contributed by atoms with Crippen molar-refractivity contribution in [2.45, 2.75) is 13.3 Å². The van der Waals surface area contributed by atoms with E-state index in [9.17, 15) is 0 Å². The summed E-state index contributed by atoms with van der Waals surface area (Å²) in [5, 5.41) is 3.23. The van der Waals surface area contributed by atoms with Crippen LogP contribution in [0.25, 0.3) is 0 Å². The van der Waals surface area contributed by atoms with E-state index < -0.39 is 0 Å². The first-order chi connectivity index (χ1) is 4.29. The maximum Gasteiger partial charge on any atom is 0.0439 e. The molecule has 0 amide bonds. The van der Waals surface area contributed by atoms with Crippen LogP contribution in [0.2, 0.25) is 0 Å². The molecular formula is C8H9N. The quantitative estimate of drug-likeness (QED) is 0.554. The summed E-state index contributed by atoms with van der Waals surface area (Å²) in [7, 11) is 0. The van der Waals surface area contributed by atoms with Gasteiger partial charge in [0.25, 0.3) is 0 Å². The Morgan fingerprint density at radius 2 is 2.56 bits per heavy atom. The minimum absolute atomic E-state index is 1.09. The van der Waals surface area contributed by atoms with Crippen LogP contribution < -0.4 is 5.32 Å². The van der Waals surface area contributed by atoms with Crippen LogP contribution in [0.15, 0.2) is 35.2 Å². The van der Waals surface area contributed by atoms with E-state index in [0.29, 0.717) is 0 Å². The highest BCUT2D eigenvalue weighted by Crippen LogP contribution is 2.36. The molecule has 2 aliphatic heterocycles. The largest absolute Gasteiger partial charge is 0.358 e. The fourth-order valence-electron chi connectivity index (χ4n) is 1.39. The van der Waals surface area contributed by atoms with Gasteiger partial charge in [0, 0.05) is 23.4 Å².